The smallest absolute Gasteiger partial charge is 0.225 e. The van der Waals surface area contributed by atoms with E-state index in [-0.39, 0.29) is 49.5 Å². The van der Waals surface area contributed by atoms with Gasteiger partial charge in [0.1, 0.15) is 45.9 Å². The minimum absolute atomic E-state index is 0.107. The van der Waals surface area contributed by atoms with Crippen LogP contribution in [0.4, 0.5) is 20.7 Å². The molecule has 2 saturated heterocycles. The second-order valence-corrected chi connectivity index (χ2v) is 22.9. The number of piperidine rings is 2. The fourth-order valence-corrected chi connectivity index (χ4v) is 12.9. The van der Waals surface area contributed by atoms with Gasteiger partial charge in [-0.25, -0.2) is 45.6 Å². The highest BCUT2D eigenvalue weighted by Crippen LogP contribution is 2.39. The van der Waals surface area contributed by atoms with E-state index in [1.165, 1.54) is 42.7 Å². The van der Waals surface area contributed by atoms with Gasteiger partial charge in [-0.1, -0.05) is 12.1 Å². The van der Waals surface area contributed by atoms with Crippen molar-refractivity contribution in [2.75, 3.05) is 78.6 Å². The second kappa shape index (κ2) is 24.8. The number of anilines is 2. The van der Waals surface area contributed by atoms with Crippen molar-refractivity contribution >= 4 is 31.6 Å². The molecule has 0 saturated carbocycles. The maximum absolute atomic E-state index is 13.9. The molecule has 4 atom stereocenters. The van der Waals surface area contributed by atoms with Gasteiger partial charge in [0.25, 0.3) is 0 Å². The van der Waals surface area contributed by atoms with E-state index in [4.69, 9.17) is 28.4 Å². The van der Waals surface area contributed by atoms with E-state index < -0.39 is 65.5 Å². The van der Waals surface area contributed by atoms with Crippen LogP contribution in [0.2, 0.25) is 0 Å². The molecule has 2 aromatic carbocycles. The second-order valence-electron chi connectivity index (χ2n) is 18.3. The number of halogens is 2. The largest absolute Gasteiger partial charge is 0.494 e. The maximum Gasteiger partial charge on any atom is 0.225 e. The maximum atomic E-state index is 13.9. The third-order valence-electron chi connectivity index (χ3n) is 13.4. The zero-order valence-electron chi connectivity index (χ0n) is 44.3. The summed E-state index contributed by atoms with van der Waals surface area (Å²) < 4.78 is 119. The predicted molar refractivity (Wildman–Crippen MR) is 287 cm³/mol. The summed E-state index contributed by atoms with van der Waals surface area (Å²) in [6, 6.07) is 17.6. The molecule has 2 aliphatic rings. The summed E-state index contributed by atoms with van der Waals surface area (Å²) >= 11 is 0. The highest BCUT2D eigenvalue weighted by Gasteiger charge is 2.40. The fraction of sp³-hybridized carbons (Fsp3) is 0.346. The number of hydrogen-bond acceptors (Lipinski definition) is 22. The molecular weight excluding hydrogens is 1080 g/mol. The molecule has 80 heavy (non-hydrogen) atoms. The summed E-state index contributed by atoms with van der Waals surface area (Å²) in [4.78, 5) is 27.9. The number of aromatic nitrogens is 12. The van der Waals surface area contributed by atoms with Crippen LogP contribution in [0.3, 0.4) is 0 Å². The number of pyridine rings is 2. The lowest BCUT2D eigenvalue weighted by Gasteiger charge is -2.36. The Bertz CT molecular complexity index is 3330. The first-order chi connectivity index (χ1) is 38.7. The van der Waals surface area contributed by atoms with Crippen molar-refractivity contribution in [2.24, 2.45) is 0 Å². The minimum atomic E-state index is -3.84. The van der Waals surface area contributed by atoms with Crippen LogP contribution in [0.25, 0.3) is 34.2 Å². The lowest BCUT2D eigenvalue weighted by atomic mass is 10.1. The Hall–Kier alpha value is -8.34. The molecular formula is C52H56F2N14O10S2. The number of benzene rings is 2. The Morgan fingerprint density at radius 2 is 0.850 bits per heavy atom. The van der Waals surface area contributed by atoms with Gasteiger partial charge >= 0.3 is 0 Å². The van der Waals surface area contributed by atoms with Crippen LogP contribution in [0.5, 0.6) is 23.0 Å². The van der Waals surface area contributed by atoms with Crippen LogP contribution < -0.4 is 28.7 Å². The Morgan fingerprint density at radius 1 is 0.487 bits per heavy atom. The average molecular weight is 1140 g/mol. The molecule has 6 aromatic heterocycles. The van der Waals surface area contributed by atoms with Crippen LogP contribution in [0.1, 0.15) is 24.5 Å². The number of para-hydroxylation sites is 2. The molecule has 0 aliphatic carbocycles. The Balaban J connectivity index is 0.000000194. The number of sulfone groups is 2. The summed E-state index contributed by atoms with van der Waals surface area (Å²) in [6.45, 7) is 0.951. The zero-order valence-corrected chi connectivity index (χ0v) is 45.9. The van der Waals surface area contributed by atoms with Crippen molar-refractivity contribution in [1.82, 2.24) is 59.4 Å². The van der Waals surface area contributed by atoms with Gasteiger partial charge in [0, 0.05) is 76.3 Å². The normalized spacial score (nSPS) is 17.6. The van der Waals surface area contributed by atoms with Gasteiger partial charge in [0.2, 0.25) is 11.9 Å². The Morgan fingerprint density at radius 3 is 1.16 bits per heavy atom. The number of nitrogens with zero attached hydrogens (tertiary/aromatic N) is 14. The van der Waals surface area contributed by atoms with E-state index in [1.807, 2.05) is 0 Å². The van der Waals surface area contributed by atoms with Crippen molar-refractivity contribution < 1.29 is 54.0 Å². The van der Waals surface area contributed by atoms with Crippen LogP contribution >= 0.6 is 0 Å². The topological polar surface area (TPSA) is 269 Å². The van der Waals surface area contributed by atoms with E-state index in [1.54, 1.807) is 104 Å². The predicted octanol–water partition coefficient (Wildman–Crippen LogP) is 4.97. The van der Waals surface area contributed by atoms with Gasteiger partial charge in [0.05, 0.1) is 75.9 Å². The number of ether oxygens (including phenoxy) is 6. The molecule has 420 valence electrons. The van der Waals surface area contributed by atoms with Crippen molar-refractivity contribution in [3.63, 3.8) is 0 Å². The molecule has 24 nitrogen and oxygen atoms in total. The third-order valence-corrected chi connectivity index (χ3v) is 17.5. The Labute approximate surface area is 459 Å². The van der Waals surface area contributed by atoms with Crippen molar-refractivity contribution in [3.05, 3.63) is 134 Å². The van der Waals surface area contributed by atoms with Gasteiger partial charge in [-0.2, -0.15) is 0 Å². The highest BCUT2D eigenvalue weighted by atomic mass is 32.2. The van der Waals surface area contributed by atoms with Crippen molar-refractivity contribution in [3.8, 4) is 57.1 Å². The monoisotopic (exact) mass is 1140 g/mol. The van der Waals surface area contributed by atoms with Gasteiger partial charge < -0.3 is 38.2 Å². The molecule has 2 aliphatic heterocycles. The lowest BCUT2D eigenvalue weighted by Crippen LogP contribution is -2.50. The summed E-state index contributed by atoms with van der Waals surface area (Å²) in [7, 11) is 1.43. The van der Waals surface area contributed by atoms with E-state index in [0.29, 0.717) is 70.2 Å². The SMILES string of the molecule is COc1cccc(OC)c1-n1c(CS(=O)(=O)[C@@H]2C[C@H](OC)CN(c3ncc(F)cn3)C2)nnc1-c1cccnc1.COc1cccc(OC)c1-n1c(CS(=O)(=O)[C@H]2C[C@@H](OC)CN(c3ncc(F)cn3)C2)nnc1-c1cccnc1. The number of hydrogen-bond donors (Lipinski definition) is 0. The number of methoxy groups -OCH3 is 6. The first-order valence-corrected chi connectivity index (χ1v) is 28.2. The van der Waals surface area contributed by atoms with Crippen LogP contribution in [-0.4, -0.2) is 168 Å². The van der Waals surface area contributed by atoms with E-state index in [2.05, 4.69) is 50.3 Å². The standard InChI is InChI=1S/2C26H28FN7O5S/c2*1-37-19-10-20(15-33(14-19)26-29-12-18(27)13-30-26)40(35,36)16-23-31-32-25(17-6-5-9-28-11-17)34(23)24-21(38-2)7-4-8-22(24)39-3/h2*4-9,11-13,19-20H,10,14-16H2,1-3H3/t2*19-,20+/m10/s1. The summed E-state index contributed by atoms with van der Waals surface area (Å²) in [5.74, 6) is 1.30. The molecule has 28 heteroatoms. The van der Waals surface area contributed by atoms with E-state index >= 15 is 0 Å². The molecule has 8 aromatic rings. The van der Waals surface area contributed by atoms with Crippen LogP contribution in [-0.2, 0) is 40.7 Å². The zero-order chi connectivity index (χ0) is 56.6. The quantitative estimate of drug-likeness (QED) is 0.110. The van der Waals surface area contributed by atoms with Crippen molar-refractivity contribution in [2.45, 2.75) is 47.1 Å². The molecule has 0 amide bonds. The minimum Gasteiger partial charge on any atom is -0.494 e. The van der Waals surface area contributed by atoms with Gasteiger partial charge in [0.15, 0.2) is 54.6 Å². The van der Waals surface area contributed by atoms with Gasteiger partial charge in [-0.15, -0.1) is 20.4 Å². The van der Waals surface area contributed by atoms with Gasteiger partial charge in [-0.3, -0.25) is 19.1 Å². The molecule has 0 spiro atoms. The summed E-state index contributed by atoms with van der Waals surface area (Å²) in [5, 5.41) is 15.6. The molecule has 2 fully saturated rings. The van der Waals surface area contributed by atoms with Crippen LogP contribution in [0.15, 0.2) is 110 Å². The van der Waals surface area contributed by atoms with E-state index in [0.717, 1.165) is 24.8 Å². The third kappa shape index (κ3) is 12.3. The fourth-order valence-electron chi connectivity index (χ4n) is 9.50. The van der Waals surface area contributed by atoms with Crippen molar-refractivity contribution in [1.29, 1.82) is 0 Å². The molecule has 0 unspecified atom stereocenters. The molecule has 0 N–H and O–H groups in total. The molecule has 8 heterocycles. The first kappa shape index (κ1) is 56.4. The summed E-state index contributed by atoms with van der Waals surface area (Å²) in [5.41, 5.74) is 2.18. The first-order valence-electron chi connectivity index (χ1n) is 24.7. The highest BCUT2D eigenvalue weighted by molar-refractivity contribution is 7.91. The molecule has 10 rings (SSSR count). The lowest BCUT2D eigenvalue weighted by molar-refractivity contribution is 0.0897. The van der Waals surface area contributed by atoms with E-state index in [9.17, 15) is 25.6 Å². The molecule has 0 radical (unpaired) electrons. The molecule has 0 bridgehead atoms. The average Bonchev–Trinajstić information content (AvgIpc) is 4.22. The summed E-state index contributed by atoms with van der Waals surface area (Å²) in [6.07, 6.45) is 10.4. The van der Waals surface area contributed by atoms with Gasteiger partial charge in [-0.05, 0) is 61.4 Å². The number of rotatable bonds is 18. The Kier molecular flexibility index (Phi) is 17.5. The van der Waals surface area contributed by atoms with Crippen LogP contribution in [0, 0.1) is 11.6 Å².